The van der Waals surface area contributed by atoms with Crippen molar-refractivity contribution in [2.24, 2.45) is 23.2 Å². The Hall–Kier alpha value is -2.71. The molecule has 10 nitrogen and oxygen atoms in total. The number of alkyl halides is 3. The summed E-state index contributed by atoms with van der Waals surface area (Å²) < 4.78 is 77.1. The minimum absolute atomic E-state index is 0.0826. The molecule has 2 heterocycles. The molecule has 3 fully saturated rings. The lowest BCUT2D eigenvalue weighted by molar-refractivity contribution is -0.176. The number of nitrogens with zero attached hydrogens (tertiary/aromatic N) is 1. The van der Waals surface area contributed by atoms with Crippen LogP contribution in [-0.4, -0.2) is 80.6 Å². The van der Waals surface area contributed by atoms with E-state index in [1.807, 2.05) is 0 Å². The third-order valence-corrected chi connectivity index (χ3v) is 8.65. The maximum atomic E-state index is 14.5. The van der Waals surface area contributed by atoms with Gasteiger partial charge in [-0.3, -0.25) is 19.2 Å². The van der Waals surface area contributed by atoms with Gasteiger partial charge in [-0.25, -0.2) is 8.42 Å². The first-order chi connectivity index (χ1) is 18.3. The van der Waals surface area contributed by atoms with Gasteiger partial charge >= 0.3 is 12.1 Å². The summed E-state index contributed by atoms with van der Waals surface area (Å²) in [5.41, 5.74) is -1.14. The minimum Gasteiger partial charge on any atom is -0.356 e. The zero-order valence-corrected chi connectivity index (χ0v) is 23.6. The number of carbonyl (C=O) groups excluding carboxylic acids is 4. The summed E-state index contributed by atoms with van der Waals surface area (Å²) >= 11 is 0. The Labute approximate surface area is 230 Å². The van der Waals surface area contributed by atoms with E-state index in [2.05, 4.69) is 10.6 Å². The van der Waals surface area contributed by atoms with Crippen molar-refractivity contribution < 1.29 is 45.2 Å². The van der Waals surface area contributed by atoms with E-state index < -0.39 is 68.4 Å². The fraction of sp³-hybridized carbons (Fsp3) is 0.760. The van der Waals surface area contributed by atoms with Crippen LogP contribution in [0.1, 0.15) is 52.9 Å². The van der Waals surface area contributed by atoms with E-state index in [9.17, 15) is 45.2 Å². The largest absolute Gasteiger partial charge is 0.471 e. The van der Waals surface area contributed by atoms with Crippen molar-refractivity contribution in [2.45, 2.75) is 77.2 Å². The number of halogens is 4. The Morgan fingerprint density at radius 2 is 1.77 bits per heavy atom. The molecule has 2 aliphatic heterocycles. The maximum Gasteiger partial charge on any atom is 0.471 e. The summed E-state index contributed by atoms with van der Waals surface area (Å²) in [5.74, 6) is -5.25. The predicted molar refractivity (Wildman–Crippen MR) is 135 cm³/mol. The summed E-state index contributed by atoms with van der Waals surface area (Å²) in [6.45, 7) is 4.91. The lowest BCUT2D eigenvalue weighted by atomic mass is 9.85. The third-order valence-electron chi connectivity index (χ3n) is 7.80. The molecule has 0 aromatic carbocycles. The summed E-state index contributed by atoms with van der Waals surface area (Å²) in [6.07, 6.45) is -1.55. The molecule has 0 aromatic heterocycles. The van der Waals surface area contributed by atoms with Crippen LogP contribution in [0.2, 0.25) is 0 Å². The molecule has 6 atom stereocenters. The van der Waals surface area contributed by atoms with Crippen LogP contribution in [0.15, 0.2) is 11.2 Å². The highest BCUT2D eigenvalue weighted by Gasteiger charge is 2.53. The SMILES string of the molecule is CC(C)(C)[C@@H](NC(=O)C(F)(F)F)C(=O)N1C[C@H]2CCC[C@H]2[C@@H]1C(=O)N[C@@H](/C=C(\F)S(C)(=O)=O)C[C@@H]1CCNC1=O. The quantitative estimate of drug-likeness (QED) is 0.364. The third kappa shape index (κ3) is 7.32. The molecule has 2 saturated heterocycles. The molecule has 15 heteroatoms. The van der Waals surface area contributed by atoms with E-state index >= 15 is 0 Å². The smallest absolute Gasteiger partial charge is 0.356 e. The molecule has 40 heavy (non-hydrogen) atoms. The van der Waals surface area contributed by atoms with Gasteiger partial charge in [-0.15, -0.1) is 0 Å². The second-order valence-electron chi connectivity index (χ2n) is 11.9. The number of amides is 4. The lowest BCUT2D eigenvalue weighted by Crippen LogP contribution is -2.60. The number of carbonyl (C=O) groups is 4. The standard InChI is InChI=1S/C25H36F4N4O6S/c1-24(2,3)19(32-23(37)25(27,28)29)22(36)33-12-14-6-5-7-16(14)18(33)21(35)31-15(11-17(26)40(4,38)39)10-13-8-9-30-20(13)34/h11,13-16,18-19H,5-10,12H2,1-4H3,(H,30,34)(H,31,35)(H,32,37)/b17-11+/t13-,14+,15+,16+,18+,19-/m0/s1. The summed E-state index contributed by atoms with van der Waals surface area (Å²) in [4.78, 5) is 52.4. The van der Waals surface area contributed by atoms with Crippen LogP contribution < -0.4 is 16.0 Å². The molecule has 4 amide bonds. The molecule has 3 rings (SSSR count). The van der Waals surface area contributed by atoms with Crippen LogP contribution in [0, 0.1) is 23.2 Å². The van der Waals surface area contributed by atoms with Gasteiger partial charge in [0.2, 0.25) is 32.7 Å². The molecule has 1 saturated carbocycles. The van der Waals surface area contributed by atoms with Crippen LogP contribution in [0.5, 0.6) is 0 Å². The van der Waals surface area contributed by atoms with E-state index in [-0.39, 0.29) is 30.7 Å². The number of sulfone groups is 1. The van der Waals surface area contributed by atoms with Crippen molar-refractivity contribution in [2.75, 3.05) is 19.3 Å². The van der Waals surface area contributed by atoms with Crippen LogP contribution >= 0.6 is 0 Å². The van der Waals surface area contributed by atoms with Crippen molar-refractivity contribution in [1.82, 2.24) is 20.9 Å². The first-order valence-corrected chi connectivity index (χ1v) is 15.0. The fourth-order valence-corrected chi connectivity index (χ4v) is 6.20. The molecule has 0 unspecified atom stereocenters. The number of rotatable bonds is 8. The molecular weight excluding hydrogens is 560 g/mol. The highest BCUT2D eigenvalue weighted by Crippen LogP contribution is 2.43. The van der Waals surface area contributed by atoms with Crippen LogP contribution in [0.4, 0.5) is 17.6 Å². The average Bonchev–Trinajstić information content (AvgIpc) is 3.50. The molecule has 226 valence electrons. The molecule has 0 radical (unpaired) electrons. The van der Waals surface area contributed by atoms with Crippen molar-refractivity contribution in [3.05, 3.63) is 11.2 Å². The summed E-state index contributed by atoms with van der Waals surface area (Å²) in [6, 6.07) is -3.95. The van der Waals surface area contributed by atoms with E-state index in [1.54, 1.807) is 5.32 Å². The minimum atomic E-state index is -5.22. The Morgan fingerprint density at radius 3 is 2.30 bits per heavy atom. The molecule has 0 bridgehead atoms. The first kappa shape index (κ1) is 31.8. The normalized spacial score (nSPS) is 27.1. The zero-order chi connectivity index (χ0) is 30.2. The topological polar surface area (TPSA) is 142 Å². The highest BCUT2D eigenvalue weighted by molar-refractivity contribution is 7.94. The van der Waals surface area contributed by atoms with Gasteiger partial charge in [-0.05, 0) is 49.0 Å². The van der Waals surface area contributed by atoms with Gasteiger partial charge in [-0.1, -0.05) is 27.2 Å². The predicted octanol–water partition coefficient (Wildman–Crippen LogP) is 1.57. The second kappa shape index (κ2) is 11.6. The Bertz CT molecular complexity index is 1170. The lowest BCUT2D eigenvalue weighted by Gasteiger charge is -2.36. The zero-order valence-electron chi connectivity index (χ0n) is 22.8. The van der Waals surface area contributed by atoms with E-state index in [1.165, 1.54) is 25.7 Å². The number of nitrogens with one attached hydrogen (secondary N) is 3. The number of hydrogen-bond acceptors (Lipinski definition) is 6. The first-order valence-electron chi connectivity index (χ1n) is 13.1. The molecule has 0 spiro atoms. The Balaban J connectivity index is 1.91. The molecule has 3 N–H and O–H groups in total. The second-order valence-corrected chi connectivity index (χ2v) is 13.9. The van der Waals surface area contributed by atoms with Crippen molar-refractivity contribution in [3.8, 4) is 0 Å². The van der Waals surface area contributed by atoms with Gasteiger partial charge in [0.05, 0.1) is 6.04 Å². The summed E-state index contributed by atoms with van der Waals surface area (Å²) in [5, 5.41) is 5.50. The number of likely N-dealkylation sites (tertiary alicyclic amines) is 1. The Morgan fingerprint density at radius 1 is 1.12 bits per heavy atom. The van der Waals surface area contributed by atoms with Gasteiger partial charge < -0.3 is 20.9 Å². The molecule has 0 aromatic rings. The molecule has 1 aliphatic carbocycles. The fourth-order valence-electron chi connectivity index (χ4n) is 5.79. The monoisotopic (exact) mass is 596 g/mol. The van der Waals surface area contributed by atoms with Gasteiger partial charge in [0.25, 0.3) is 0 Å². The van der Waals surface area contributed by atoms with Gasteiger partial charge in [0.1, 0.15) is 12.1 Å². The van der Waals surface area contributed by atoms with Crippen molar-refractivity contribution in [1.29, 1.82) is 0 Å². The van der Waals surface area contributed by atoms with Crippen LogP contribution in [-0.2, 0) is 29.0 Å². The number of hydrogen-bond donors (Lipinski definition) is 3. The molecular formula is C25H36F4N4O6S. The van der Waals surface area contributed by atoms with Crippen molar-refractivity contribution in [3.63, 3.8) is 0 Å². The van der Waals surface area contributed by atoms with Gasteiger partial charge in [-0.2, -0.15) is 17.6 Å². The summed E-state index contributed by atoms with van der Waals surface area (Å²) in [7, 11) is -4.24. The highest BCUT2D eigenvalue weighted by atomic mass is 32.2. The molecule has 3 aliphatic rings. The van der Waals surface area contributed by atoms with E-state index in [0.717, 1.165) is 6.42 Å². The number of fused-ring (bicyclic) bond motifs is 1. The Kier molecular flexibility index (Phi) is 9.26. The van der Waals surface area contributed by atoms with E-state index in [0.29, 0.717) is 38.1 Å². The van der Waals surface area contributed by atoms with Crippen LogP contribution in [0.25, 0.3) is 0 Å². The van der Waals surface area contributed by atoms with Crippen LogP contribution in [0.3, 0.4) is 0 Å². The van der Waals surface area contributed by atoms with Gasteiger partial charge in [0.15, 0.2) is 0 Å². The maximum absolute atomic E-state index is 14.5. The van der Waals surface area contributed by atoms with E-state index in [4.69, 9.17) is 0 Å². The van der Waals surface area contributed by atoms with Gasteiger partial charge in [0, 0.05) is 25.3 Å². The average molecular weight is 597 g/mol. The van der Waals surface area contributed by atoms with Crippen molar-refractivity contribution >= 4 is 33.5 Å².